The summed E-state index contributed by atoms with van der Waals surface area (Å²) in [5, 5.41) is 13.2. The molecule has 1 amide bonds. The number of benzene rings is 2. The number of hydrogen-bond acceptors (Lipinski definition) is 2. The van der Waals surface area contributed by atoms with Gasteiger partial charge in [-0.2, -0.15) is 0 Å². The summed E-state index contributed by atoms with van der Waals surface area (Å²) >= 11 is 0. The van der Waals surface area contributed by atoms with Gasteiger partial charge in [-0.15, -0.1) is 0 Å². The van der Waals surface area contributed by atoms with Crippen molar-refractivity contribution in [1.82, 2.24) is 5.32 Å². The van der Waals surface area contributed by atoms with Gasteiger partial charge in [0.25, 0.3) is 0 Å². The minimum absolute atomic E-state index is 0.0137. The number of carbonyl (C=O) groups excluding carboxylic acids is 1. The highest BCUT2D eigenvalue weighted by Crippen LogP contribution is 2.23. The van der Waals surface area contributed by atoms with E-state index in [0.29, 0.717) is 18.5 Å². The Morgan fingerprint density at radius 1 is 1.18 bits per heavy atom. The van der Waals surface area contributed by atoms with Crippen LogP contribution in [0.5, 0.6) is 0 Å². The van der Waals surface area contributed by atoms with Crippen LogP contribution < -0.4 is 5.32 Å². The second kappa shape index (κ2) is 7.18. The van der Waals surface area contributed by atoms with Crippen molar-refractivity contribution in [3.05, 3.63) is 71.5 Å². The van der Waals surface area contributed by atoms with Gasteiger partial charge < -0.3 is 10.4 Å². The van der Waals surface area contributed by atoms with Crippen LogP contribution >= 0.6 is 0 Å². The van der Waals surface area contributed by atoms with Crippen LogP contribution in [0.3, 0.4) is 0 Å². The molecule has 0 aliphatic rings. The second-order valence-corrected chi connectivity index (χ2v) is 5.55. The van der Waals surface area contributed by atoms with Crippen LogP contribution in [0.15, 0.2) is 54.6 Å². The smallest absolute Gasteiger partial charge is 0.223 e. The number of carbonyl (C=O) groups is 1. The van der Waals surface area contributed by atoms with Crippen molar-refractivity contribution in [2.24, 2.45) is 0 Å². The fraction of sp³-hybridized carbons (Fsp3) is 0.278. The van der Waals surface area contributed by atoms with Crippen molar-refractivity contribution in [3.63, 3.8) is 0 Å². The van der Waals surface area contributed by atoms with E-state index in [-0.39, 0.29) is 18.1 Å². The molecular formula is C18H20FNO2. The fourth-order valence-corrected chi connectivity index (χ4v) is 2.31. The van der Waals surface area contributed by atoms with Gasteiger partial charge in [0.05, 0.1) is 12.0 Å². The van der Waals surface area contributed by atoms with E-state index in [1.165, 1.54) is 12.1 Å². The van der Waals surface area contributed by atoms with E-state index in [4.69, 9.17) is 0 Å². The highest BCUT2D eigenvalue weighted by atomic mass is 19.1. The van der Waals surface area contributed by atoms with Gasteiger partial charge in [-0.05, 0) is 36.6 Å². The average molecular weight is 301 g/mol. The fourth-order valence-electron chi connectivity index (χ4n) is 2.31. The molecule has 0 saturated carbocycles. The van der Waals surface area contributed by atoms with Crippen LogP contribution in [0.1, 0.15) is 24.5 Å². The summed E-state index contributed by atoms with van der Waals surface area (Å²) in [4.78, 5) is 11.9. The van der Waals surface area contributed by atoms with Crippen molar-refractivity contribution in [1.29, 1.82) is 0 Å². The predicted molar refractivity (Wildman–Crippen MR) is 83.7 cm³/mol. The lowest BCUT2D eigenvalue weighted by Crippen LogP contribution is -2.33. The first-order chi connectivity index (χ1) is 10.5. The van der Waals surface area contributed by atoms with E-state index in [0.717, 1.165) is 5.56 Å². The van der Waals surface area contributed by atoms with Gasteiger partial charge in [-0.25, -0.2) is 4.39 Å². The van der Waals surface area contributed by atoms with Crippen LogP contribution in [0.2, 0.25) is 0 Å². The SMILES string of the molecule is CC(O)(CC(=O)NCCc1cccc(F)c1)c1ccccc1. The van der Waals surface area contributed by atoms with Crippen LogP contribution in [0, 0.1) is 5.82 Å². The van der Waals surface area contributed by atoms with Gasteiger partial charge >= 0.3 is 0 Å². The summed E-state index contributed by atoms with van der Waals surface area (Å²) in [6.45, 7) is 2.03. The minimum Gasteiger partial charge on any atom is -0.385 e. The lowest BCUT2D eigenvalue weighted by atomic mass is 9.92. The van der Waals surface area contributed by atoms with Crippen LogP contribution in [0.4, 0.5) is 4.39 Å². The van der Waals surface area contributed by atoms with E-state index in [9.17, 15) is 14.3 Å². The standard InChI is InChI=1S/C18H20FNO2/c1-18(22,15-7-3-2-4-8-15)13-17(21)20-11-10-14-6-5-9-16(19)12-14/h2-9,12,22H,10-11,13H2,1H3,(H,20,21). The third-order valence-electron chi connectivity index (χ3n) is 3.53. The Morgan fingerprint density at radius 3 is 2.59 bits per heavy atom. The van der Waals surface area contributed by atoms with Gasteiger partial charge in [0.1, 0.15) is 5.82 Å². The molecule has 2 aromatic carbocycles. The van der Waals surface area contributed by atoms with E-state index in [1.54, 1.807) is 25.1 Å². The summed E-state index contributed by atoms with van der Waals surface area (Å²) in [5.74, 6) is -0.513. The topological polar surface area (TPSA) is 49.3 Å². The first-order valence-electron chi connectivity index (χ1n) is 7.26. The zero-order valence-corrected chi connectivity index (χ0v) is 12.6. The molecule has 0 bridgehead atoms. The molecule has 2 aromatic rings. The van der Waals surface area contributed by atoms with Crippen molar-refractivity contribution in [2.75, 3.05) is 6.54 Å². The van der Waals surface area contributed by atoms with Gasteiger partial charge in [0.2, 0.25) is 5.91 Å². The molecular weight excluding hydrogens is 281 g/mol. The maximum Gasteiger partial charge on any atom is 0.223 e. The lowest BCUT2D eigenvalue weighted by molar-refractivity contribution is -0.125. The Balaban J connectivity index is 1.83. The maximum atomic E-state index is 13.0. The second-order valence-electron chi connectivity index (χ2n) is 5.55. The van der Waals surface area contributed by atoms with E-state index >= 15 is 0 Å². The van der Waals surface area contributed by atoms with Crippen LogP contribution in [0.25, 0.3) is 0 Å². The van der Waals surface area contributed by atoms with E-state index < -0.39 is 5.60 Å². The largest absolute Gasteiger partial charge is 0.385 e. The third-order valence-corrected chi connectivity index (χ3v) is 3.53. The third kappa shape index (κ3) is 4.67. The maximum absolute atomic E-state index is 13.0. The molecule has 0 heterocycles. The summed E-state index contributed by atoms with van der Waals surface area (Å²) < 4.78 is 13.0. The van der Waals surface area contributed by atoms with Gasteiger partial charge in [-0.1, -0.05) is 42.5 Å². The van der Waals surface area contributed by atoms with Crippen molar-refractivity contribution >= 4 is 5.91 Å². The van der Waals surface area contributed by atoms with Crippen molar-refractivity contribution in [3.8, 4) is 0 Å². The van der Waals surface area contributed by atoms with Crippen molar-refractivity contribution < 1.29 is 14.3 Å². The average Bonchev–Trinajstić information content (AvgIpc) is 2.48. The summed E-state index contributed by atoms with van der Waals surface area (Å²) in [5.41, 5.74) is 0.329. The Kier molecular flexibility index (Phi) is 5.28. The van der Waals surface area contributed by atoms with Gasteiger partial charge in [0.15, 0.2) is 0 Å². The quantitative estimate of drug-likeness (QED) is 0.862. The summed E-state index contributed by atoms with van der Waals surface area (Å²) in [7, 11) is 0. The predicted octanol–water partition coefficient (Wildman–Crippen LogP) is 2.78. The molecule has 22 heavy (non-hydrogen) atoms. The number of amides is 1. The molecule has 0 spiro atoms. The van der Waals surface area contributed by atoms with Crippen LogP contribution in [-0.4, -0.2) is 17.6 Å². The lowest BCUT2D eigenvalue weighted by Gasteiger charge is -2.23. The molecule has 3 nitrogen and oxygen atoms in total. The zero-order chi connectivity index (χ0) is 16.0. The molecule has 4 heteroatoms. The van der Waals surface area contributed by atoms with E-state index in [2.05, 4.69) is 5.32 Å². The molecule has 0 radical (unpaired) electrons. The Morgan fingerprint density at radius 2 is 1.91 bits per heavy atom. The van der Waals surface area contributed by atoms with Crippen LogP contribution in [-0.2, 0) is 16.8 Å². The molecule has 2 N–H and O–H groups in total. The molecule has 1 unspecified atom stereocenters. The van der Waals surface area contributed by atoms with Gasteiger partial charge in [0, 0.05) is 6.54 Å². The monoisotopic (exact) mass is 301 g/mol. The number of nitrogens with one attached hydrogen (secondary N) is 1. The highest BCUT2D eigenvalue weighted by Gasteiger charge is 2.26. The Hall–Kier alpha value is -2.20. The first-order valence-corrected chi connectivity index (χ1v) is 7.26. The number of aliphatic hydroxyl groups is 1. The molecule has 0 fully saturated rings. The Labute approximate surface area is 129 Å². The Bertz CT molecular complexity index is 626. The summed E-state index contributed by atoms with van der Waals surface area (Å²) in [6.07, 6.45) is 0.539. The molecule has 2 rings (SSSR count). The minimum atomic E-state index is -1.20. The first kappa shape index (κ1) is 16.2. The van der Waals surface area contributed by atoms with Crippen molar-refractivity contribution in [2.45, 2.75) is 25.4 Å². The summed E-state index contributed by atoms with van der Waals surface area (Å²) in [6, 6.07) is 15.4. The normalized spacial score (nSPS) is 13.4. The highest BCUT2D eigenvalue weighted by molar-refractivity contribution is 5.77. The molecule has 0 aromatic heterocycles. The molecule has 0 saturated heterocycles. The zero-order valence-electron chi connectivity index (χ0n) is 12.6. The van der Waals surface area contributed by atoms with E-state index in [1.807, 2.05) is 24.3 Å². The number of hydrogen-bond donors (Lipinski definition) is 2. The number of halogens is 1. The van der Waals surface area contributed by atoms with Gasteiger partial charge in [-0.3, -0.25) is 4.79 Å². The molecule has 1 atom stereocenters. The molecule has 116 valence electrons. The molecule has 0 aliphatic heterocycles. The molecule has 0 aliphatic carbocycles. The number of rotatable bonds is 6.